The first kappa shape index (κ1) is 23.0. The third-order valence-electron chi connectivity index (χ3n) is 6.99. The van der Waals surface area contributed by atoms with Crippen LogP contribution in [-0.2, 0) is 14.4 Å². The van der Waals surface area contributed by atoms with Crippen LogP contribution in [0.2, 0.25) is 0 Å². The van der Waals surface area contributed by atoms with Gasteiger partial charge in [-0.3, -0.25) is 14.4 Å². The Balaban J connectivity index is 1.62. The Labute approximate surface area is 181 Å². The number of likely N-dealkylation sites (tertiary alicyclic amines) is 1. The molecule has 1 heterocycles. The molecule has 1 aliphatic heterocycles. The number of carbonyl (C=O) groups excluding carboxylic acids is 3. The van der Waals surface area contributed by atoms with Gasteiger partial charge in [-0.25, -0.2) is 0 Å². The van der Waals surface area contributed by atoms with E-state index in [9.17, 15) is 14.4 Å². The monoisotopic (exact) mass is 420 g/mol. The average Bonchev–Trinajstić information content (AvgIpc) is 3.47. The summed E-state index contributed by atoms with van der Waals surface area (Å²) in [6.45, 7) is 8.24. The predicted molar refractivity (Wildman–Crippen MR) is 116 cm³/mol. The topological polar surface area (TPSA) is 95.7 Å². The van der Waals surface area contributed by atoms with Gasteiger partial charge in [0.15, 0.2) is 0 Å². The van der Waals surface area contributed by atoms with E-state index in [0.29, 0.717) is 50.4 Å². The van der Waals surface area contributed by atoms with E-state index < -0.39 is 6.04 Å². The summed E-state index contributed by atoms with van der Waals surface area (Å²) in [5, 5.41) is 3.11. The largest absolute Gasteiger partial charge is 0.354 e. The van der Waals surface area contributed by atoms with Crippen LogP contribution in [0, 0.1) is 23.7 Å². The number of nitrogens with zero attached hydrogens (tertiary/aromatic N) is 2. The quantitative estimate of drug-likeness (QED) is 0.625. The number of nitrogens with two attached hydrogens (primary N) is 1. The summed E-state index contributed by atoms with van der Waals surface area (Å²) >= 11 is 0. The Morgan fingerprint density at radius 1 is 1.10 bits per heavy atom. The smallest absolute Gasteiger partial charge is 0.242 e. The van der Waals surface area contributed by atoms with Crippen LogP contribution in [-0.4, -0.2) is 65.8 Å². The Bertz CT molecular complexity index is 634. The van der Waals surface area contributed by atoms with Crippen molar-refractivity contribution in [2.45, 2.75) is 77.8 Å². The lowest BCUT2D eigenvalue weighted by atomic mass is 9.81. The Hall–Kier alpha value is -1.63. The van der Waals surface area contributed by atoms with Gasteiger partial charge >= 0.3 is 0 Å². The lowest BCUT2D eigenvalue weighted by Crippen LogP contribution is -2.46. The fourth-order valence-electron chi connectivity index (χ4n) is 5.18. The third kappa shape index (κ3) is 5.74. The minimum absolute atomic E-state index is 0.0727. The highest BCUT2D eigenvalue weighted by molar-refractivity contribution is 5.88. The summed E-state index contributed by atoms with van der Waals surface area (Å²) in [5.41, 5.74) is 5.84. The first-order chi connectivity index (χ1) is 14.3. The zero-order chi connectivity index (χ0) is 21.8. The molecule has 1 saturated heterocycles. The molecule has 0 spiro atoms. The third-order valence-corrected chi connectivity index (χ3v) is 6.99. The number of nitrogens with one attached hydrogen (secondary N) is 1. The number of amides is 3. The van der Waals surface area contributed by atoms with Crippen molar-refractivity contribution in [1.82, 2.24) is 15.1 Å². The van der Waals surface area contributed by atoms with E-state index in [4.69, 9.17) is 5.73 Å². The number of rotatable bonds is 8. The van der Waals surface area contributed by atoms with Crippen LogP contribution in [0.25, 0.3) is 0 Å². The van der Waals surface area contributed by atoms with E-state index in [1.165, 1.54) is 19.8 Å². The maximum absolute atomic E-state index is 13.0. The van der Waals surface area contributed by atoms with Gasteiger partial charge in [0.1, 0.15) is 6.04 Å². The van der Waals surface area contributed by atoms with Gasteiger partial charge in [-0.2, -0.15) is 0 Å². The summed E-state index contributed by atoms with van der Waals surface area (Å²) in [6.07, 6.45) is 7.01. The lowest BCUT2D eigenvalue weighted by molar-refractivity contribution is -0.137. The van der Waals surface area contributed by atoms with E-state index in [0.717, 1.165) is 25.7 Å². The fraction of sp³-hybridized carbons (Fsp3) is 0.870. The second-order valence-corrected chi connectivity index (χ2v) is 10.1. The second-order valence-electron chi connectivity index (χ2n) is 10.1. The van der Waals surface area contributed by atoms with Gasteiger partial charge in [-0.15, -0.1) is 0 Å². The predicted octanol–water partition coefficient (Wildman–Crippen LogP) is 1.75. The maximum atomic E-state index is 13.0. The van der Waals surface area contributed by atoms with E-state index in [1.54, 1.807) is 4.90 Å². The van der Waals surface area contributed by atoms with Gasteiger partial charge in [0.2, 0.25) is 17.7 Å². The molecule has 30 heavy (non-hydrogen) atoms. The van der Waals surface area contributed by atoms with E-state index in [2.05, 4.69) is 19.2 Å². The number of hydrogen-bond acceptors (Lipinski definition) is 4. The Kier molecular flexibility index (Phi) is 7.77. The van der Waals surface area contributed by atoms with Gasteiger partial charge in [-0.1, -0.05) is 20.3 Å². The van der Waals surface area contributed by atoms with Gasteiger partial charge in [0.05, 0.1) is 6.04 Å². The molecule has 7 heteroatoms. The van der Waals surface area contributed by atoms with Crippen LogP contribution in [0.3, 0.4) is 0 Å². The minimum atomic E-state index is -0.483. The molecule has 4 atom stereocenters. The standard InChI is InChI=1S/C23H40N4O3/c1-15(2)13-27(23(30)19-7-8-19)20-10-21(26(14-20)16(3)28)22(29)25-12-18-6-4-5-17(9-18)11-24/h15,17-21H,4-14,24H2,1-3H3,(H,25,29). The molecule has 4 unspecified atom stereocenters. The second kappa shape index (κ2) is 10.1. The van der Waals surface area contributed by atoms with Crippen molar-refractivity contribution < 1.29 is 14.4 Å². The van der Waals surface area contributed by atoms with Crippen LogP contribution >= 0.6 is 0 Å². The van der Waals surface area contributed by atoms with Crippen molar-refractivity contribution in [3.63, 3.8) is 0 Å². The molecular weight excluding hydrogens is 380 g/mol. The van der Waals surface area contributed by atoms with Crippen LogP contribution in [0.4, 0.5) is 0 Å². The van der Waals surface area contributed by atoms with E-state index >= 15 is 0 Å². The lowest BCUT2D eigenvalue weighted by Gasteiger charge is -2.30. The molecule has 3 N–H and O–H groups in total. The zero-order valence-electron chi connectivity index (χ0n) is 18.9. The number of carbonyl (C=O) groups is 3. The van der Waals surface area contributed by atoms with Gasteiger partial charge in [-0.05, 0) is 62.8 Å². The highest BCUT2D eigenvalue weighted by Gasteiger charge is 2.44. The van der Waals surface area contributed by atoms with Gasteiger partial charge in [0, 0.05) is 32.5 Å². The van der Waals surface area contributed by atoms with E-state index in [1.807, 2.05) is 4.90 Å². The molecule has 0 aromatic carbocycles. The summed E-state index contributed by atoms with van der Waals surface area (Å²) in [6, 6.07) is -0.556. The summed E-state index contributed by atoms with van der Waals surface area (Å²) in [4.78, 5) is 41.8. The molecule has 170 valence electrons. The maximum Gasteiger partial charge on any atom is 0.242 e. The van der Waals surface area contributed by atoms with Crippen LogP contribution in [0.1, 0.15) is 65.7 Å². The SMILES string of the molecule is CC(=O)N1CC(N(CC(C)C)C(=O)C2CC2)CC1C(=O)NCC1CCCC(CN)C1. The van der Waals surface area contributed by atoms with E-state index in [-0.39, 0.29) is 29.7 Å². The first-order valence-electron chi connectivity index (χ1n) is 11.9. The average molecular weight is 421 g/mol. The van der Waals surface area contributed by atoms with Crippen molar-refractivity contribution in [2.75, 3.05) is 26.2 Å². The number of hydrogen-bond donors (Lipinski definition) is 2. The Morgan fingerprint density at radius 3 is 2.40 bits per heavy atom. The Morgan fingerprint density at radius 2 is 1.80 bits per heavy atom. The molecule has 3 fully saturated rings. The molecule has 7 nitrogen and oxygen atoms in total. The highest BCUT2D eigenvalue weighted by atomic mass is 16.2. The van der Waals surface area contributed by atoms with Crippen LogP contribution in [0.5, 0.6) is 0 Å². The molecule has 0 bridgehead atoms. The summed E-state index contributed by atoms with van der Waals surface area (Å²) < 4.78 is 0. The first-order valence-corrected chi connectivity index (χ1v) is 11.9. The van der Waals surface area contributed by atoms with Crippen molar-refractivity contribution >= 4 is 17.7 Å². The summed E-state index contributed by atoms with van der Waals surface area (Å²) in [5.74, 6) is 1.55. The molecule has 2 aliphatic carbocycles. The van der Waals surface area contributed by atoms with Crippen LogP contribution < -0.4 is 11.1 Å². The van der Waals surface area contributed by atoms with Crippen molar-refractivity contribution in [1.29, 1.82) is 0 Å². The molecule has 3 amide bonds. The fourth-order valence-corrected chi connectivity index (χ4v) is 5.18. The molecule has 0 aromatic heterocycles. The van der Waals surface area contributed by atoms with Crippen molar-refractivity contribution in [3.8, 4) is 0 Å². The minimum Gasteiger partial charge on any atom is -0.354 e. The highest BCUT2D eigenvalue weighted by Crippen LogP contribution is 2.34. The molecule has 0 radical (unpaired) electrons. The van der Waals surface area contributed by atoms with Crippen molar-refractivity contribution in [3.05, 3.63) is 0 Å². The summed E-state index contributed by atoms with van der Waals surface area (Å²) in [7, 11) is 0. The molecule has 2 saturated carbocycles. The molecule has 0 aromatic rings. The van der Waals surface area contributed by atoms with Crippen LogP contribution in [0.15, 0.2) is 0 Å². The van der Waals surface area contributed by atoms with Crippen molar-refractivity contribution in [2.24, 2.45) is 29.4 Å². The van der Waals surface area contributed by atoms with Gasteiger partial charge < -0.3 is 20.9 Å². The zero-order valence-corrected chi connectivity index (χ0v) is 18.9. The normalized spacial score (nSPS) is 29.2. The molecule has 3 rings (SSSR count). The van der Waals surface area contributed by atoms with Gasteiger partial charge in [0.25, 0.3) is 0 Å². The molecular formula is C23H40N4O3. The molecule has 3 aliphatic rings.